The number of hydrogen-bond donors (Lipinski definition) is 1. The summed E-state index contributed by atoms with van der Waals surface area (Å²) in [6, 6.07) is 0. The maximum atomic E-state index is 13.4. The van der Waals surface area contributed by atoms with Gasteiger partial charge >= 0.3 is 0 Å². The molecule has 4 saturated carbocycles. The van der Waals surface area contributed by atoms with Gasteiger partial charge in [-0.15, -0.1) is 0 Å². The number of aliphatic hydroxyl groups excluding tert-OH is 1. The van der Waals surface area contributed by atoms with Gasteiger partial charge in [-0.2, -0.15) is 0 Å². The van der Waals surface area contributed by atoms with Gasteiger partial charge in [-0.05, 0) is 49.0 Å². The lowest BCUT2D eigenvalue weighted by molar-refractivity contribution is -0.138. The molecule has 1 N–H and O–H groups in total. The van der Waals surface area contributed by atoms with Crippen molar-refractivity contribution < 1.29 is 19.4 Å². The van der Waals surface area contributed by atoms with Crippen LogP contribution in [0.15, 0.2) is 12.2 Å². The van der Waals surface area contributed by atoms with Crippen molar-refractivity contribution in [2.45, 2.75) is 64.8 Å². The van der Waals surface area contributed by atoms with E-state index in [9.17, 15) is 14.7 Å². The van der Waals surface area contributed by atoms with Gasteiger partial charge in [0.25, 0.3) is 0 Å². The van der Waals surface area contributed by atoms with Gasteiger partial charge in [-0.25, -0.2) is 0 Å². The van der Waals surface area contributed by atoms with Crippen molar-refractivity contribution in [2.24, 2.45) is 34.0 Å². The van der Waals surface area contributed by atoms with Crippen molar-refractivity contribution in [3.63, 3.8) is 0 Å². The fourth-order valence-corrected chi connectivity index (χ4v) is 8.10. The zero-order valence-electron chi connectivity index (χ0n) is 14.9. The minimum atomic E-state index is -0.957. The predicted molar refractivity (Wildman–Crippen MR) is 87.1 cm³/mol. The first-order valence-electron chi connectivity index (χ1n) is 9.24. The second-order valence-corrected chi connectivity index (χ2v) is 9.58. The average molecular weight is 330 g/mol. The van der Waals surface area contributed by atoms with Crippen LogP contribution >= 0.6 is 0 Å². The Morgan fingerprint density at radius 3 is 2.58 bits per heavy atom. The Labute approximate surface area is 142 Å². The van der Waals surface area contributed by atoms with Crippen LogP contribution in [-0.2, 0) is 14.3 Å². The molecule has 0 aromatic heterocycles. The van der Waals surface area contributed by atoms with Crippen LogP contribution in [-0.4, -0.2) is 34.5 Å². The molecule has 5 rings (SSSR count). The van der Waals surface area contributed by atoms with Crippen molar-refractivity contribution in [2.75, 3.05) is 0 Å². The van der Waals surface area contributed by atoms with Gasteiger partial charge in [-0.3, -0.25) is 9.59 Å². The van der Waals surface area contributed by atoms with E-state index in [1.54, 1.807) is 0 Å². The first-order valence-corrected chi connectivity index (χ1v) is 9.24. The fourth-order valence-electron chi connectivity index (χ4n) is 8.10. The van der Waals surface area contributed by atoms with Crippen LogP contribution in [0.5, 0.6) is 0 Å². The van der Waals surface area contributed by atoms with Crippen LogP contribution in [0.1, 0.15) is 47.0 Å². The molecule has 130 valence electrons. The van der Waals surface area contributed by atoms with Crippen molar-refractivity contribution in [3.8, 4) is 0 Å². The molecular weight excluding hydrogens is 304 g/mol. The van der Waals surface area contributed by atoms with E-state index in [1.165, 1.54) is 0 Å². The number of ketones is 2. The van der Waals surface area contributed by atoms with Gasteiger partial charge in [0.05, 0.1) is 5.41 Å². The Morgan fingerprint density at radius 2 is 1.96 bits per heavy atom. The highest BCUT2D eigenvalue weighted by molar-refractivity contribution is 6.09. The Kier molecular flexibility index (Phi) is 2.37. The summed E-state index contributed by atoms with van der Waals surface area (Å²) in [7, 11) is 0. The lowest BCUT2D eigenvalue weighted by Crippen LogP contribution is -2.48. The van der Waals surface area contributed by atoms with E-state index >= 15 is 0 Å². The van der Waals surface area contributed by atoms with E-state index in [-0.39, 0.29) is 22.9 Å². The summed E-state index contributed by atoms with van der Waals surface area (Å²) >= 11 is 0. The van der Waals surface area contributed by atoms with E-state index in [0.29, 0.717) is 17.4 Å². The molecule has 0 amide bonds. The molecule has 1 heterocycles. The highest BCUT2D eigenvalue weighted by Crippen LogP contribution is 2.86. The molecule has 5 fully saturated rings. The number of ether oxygens (including phenoxy) is 1. The number of epoxide rings is 1. The first kappa shape index (κ1) is 15.3. The Bertz CT molecular complexity index is 725. The molecule has 8 unspecified atom stereocenters. The van der Waals surface area contributed by atoms with E-state index in [2.05, 4.69) is 27.4 Å². The third-order valence-corrected chi connectivity index (χ3v) is 9.23. The van der Waals surface area contributed by atoms with Crippen LogP contribution in [0.4, 0.5) is 0 Å². The molecule has 0 radical (unpaired) electrons. The lowest BCUT2D eigenvalue weighted by Gasteiger charge is -2.46. The summed E-state index contributed by atoms with van der Waals surface area (Å²) in [5.41, 5.74) is -1.57. The molecule has 4 aliphatic carbocycles. The number of carbonyl (C=O) groups excluding carboxylic acids is 2. The highest BCUT2D eigenvalue weighted by Gasteiger charge is 2.94. The minimum Gasteiger partial charge on any atom is -0.385 e. The van der Waals surface area contributed by atoms with Gasteiger partial charge in [0.1, 0.15) is 11.7 Å². The Balaban J connectivity index is 1.76. The molecule has 4 heteroatoms. The van der Waals surface area contributed by atoms with Crippen molar-refractivity contribution >= 4 is 11.6 Å². The SMILES string of the molecule is C=C1C(=O)C2OC23C1CC12CCC(C(C)C)C1(C)C(O)C(=O)C32C. The van der Waals surface area contributed by atoms with Gasteiger partial charge in [0.15, 0.2) is 17.7 Å². The maximum absolute atomic E-state index is 13.4. The van der Waals surface area contributed by atoms with E-state index in [1.807, 2.05) is 6.92 Å². The molecule has 0 aromatic rings. The van der Waals surface area contributed by atoms with E-state index in [0.717, 1.165) is 19.3 Å². The fraction of sp³-hybridized carbons (Fsp3) is 0.800. The number of aliphatic hydroxyl groups is 1. The average Bonchev–Trinajstić information content (AvgIpc) is 3.05. The van der Waals surface area contributed by atoms with Crippen LogP contribution in [0.25, 0.3) is 0 Å². The predicted octanol–water partition coefficient (Wildman–Crippen LogP) is 2.29. The van der Waals surface area contributed by atoms with Gasteiger partial charge in [0.2, 0.25) is 0 Å². The third-order valence-electron chi connectivity index (χ3n) is 9.23. The Morgan fingerprint density at radius 1 is 1.29 bits per heavy atom. The molecule has 0 aromatic carbocycles. The first-order chi connectivity index (χ1) is 11.1. The molecule has 1 aliphatic heterocycles. The monoisotopic (exact) mass is 330 g/mol. The topological polar surface area (TPSA) is 66.9 Å². The van der Waals surface area contributed by atoms with Crippen molar-refractivity contribution in [1.82, 2.24) is 0 Å². The zero-order valence-corrected chi connectivity index (χ0v) is 14.9. The smallest absolute Gasteiger partial charge is 0.190 e. The quantitative estimate of drug-likeness (QED) is 0.592. The van der Waals surface area contributed by atoms with Gasteiger partial charge < -0.3 is 9.84 Å². The standard InChI is InChI=1S/C20H26O4/c1-9(2)11-6-7-19-8-12-10(3)13(21)16-20(12,24-16)18(19,5)15(23)14(22)17(11,19)4/h9,11-12,14,16,22H,3,6-8H2,1-2,4-5H3. The number of hydrogen-bond acceptors (Lipinski definition) is 4. The second kappa shape index (κ2) is 3.73. The highest BCUT2D eigenvalue weighted by atomic mass is 16.6. The van der Waals surface area contributed by atoms with Crippen molar-refractivity contribution in [1.29, 1.82) is 0 Å². The molecule has 24 heavy (non-hydrogen) atoms. The van der Waals surface area contributed by atoms with E-state index < -0.39 is 28.6 Å². The molecular formula is C20H26O4. The summed E-state index contributed by atoms with van der Waals surface area (Å²) in [4.78, 5) is 25.8. The summed E-state index contributed by atoms with van der Waals surface area (Å²) in [6.45, 7) is 12.5. The van der Waals surface area contributed by atoms with E-state index in [4.69, 9.17) is 4.74 Å². The summed E-state index contributed by atoms with van der Waals surface area (Å²) < 4.78 is 5.98. The molecule has 0 bridgehead atoms. The Hall–Kier alpha value is -1.00. The number of Topliss-reactive ketones (excluding diaryl/α,β-unsaturated/α-hetero) is 2. The normalized spacial score (nSPS) is 60.5. The van der Waals surface area contributed by atoms with Crippen LogP contribution < -0.4 is 0 Å². The summed E-state index contributed by atoms with van der Waals surface area (Å²) in [5, 5.41) is 11.1. The van der Waals surface area contributed by atoms with Crippen LogP contribution in [0.3, 0.4) is 0 Å². The molecule has 5 aliphatic rings. The molecule has 8 atom stereocenters. The van der Waals surface area contributed by atoms with Crippen LogP contribution in [0, 0.1) is 34.0 Å². The zero-order chi connectivity index (χ0) is 17.4. The molecule has 1 saturated heterocycles. The molecule has 2 spiro atoms. The minimum absolute atomic E-state index is 0.0228. The third kappa shape index (κ3) is 1.04. The lowest BCUT2D eigenvalue weighted by atomic mass is 9.55. The number of rotatable bonds is 1. The maximum Gasteiger partial charge on any atom is 0.190 e. The van der Waals surface area contributed by atoms with Gasteiger partial charge in [0, 0.05) is 11.3 Å². The van der Waals surface area contributed by atoms with Crippen LogP contribution in [0.2, 0.25) is 0 Å². The summed E-state index contributed by atoms with van der Waals surface area (Å²) in [6.07, 6.45) is 1.26. The molecule has 4 nitrogen and oxygen atoms in total. The van der Waals surface area contributed by atoms with Gasteiger partial charge in [-0.1, -0.05) is 27.4 Å². The largest absolute Gasteiger partial charge is 0.385 e. The van der Waals surface area contributed by atoms with Crippen molar-refractivity contribution in [3.05, 3.63) is 12.2 Å². The summed E-state index contributed by atoms with van der Waals surface area (Å²) in [5.74, 6) is 0.558. The number of carbonyl (C=O) groups is 2. The second-order valence-electron chi connectivity index (χ2n) is 9.58.